The highest BCUT2D eigenvalue weighted by atomic mass is 16.6. The Morgan fingerprint density at radius 2 is 1.82 bits per heavy atom. The number of piperidine rings is 1. The minimum atomic E-state index is -1.13. The number of rotatable bonds is 3. The van der Waals surface area contributed by atoms with E-state index in [-0.39, 0.29) is 5.75 Å². The van der Waals surface area contributed by atoms with E-state index in [0.717, 1.165) is 31.2 Å². The Morgan fingerprint density at radius 3 is 2.32 bits per heavy atom. The van der Waals surface area contributed by atoms with Gasteiger partial charge >= 0.3 is 5.97 Å². The molecule has 2 aliphatic heterocycles. The van der Waals surface area contributed by atoms with Crippen molar-refractivity contribution in [2.75, 3.05) is 7.05 Å². The maximum Gasteiger partial charge on any atom is 0.335 e. The normalized spacial score (nSPS) is 32.7. The zero-order valence-corrected chi connectivity index (χ0v) is 13.0. The van der Waals surface area contributed by atoms with E-state index in [9.17, 15) is 15.0 Å². The van der Waals surface area contributed by atoms with Gasteiger partial charge in [0, 0.05) is 24.9 Å². The maximum atomic E-state index is 12.0. The average molecular weight is 305 g/mol. The summed E-state index contributed by atoms with van der Waals surface area (Å²) >= 11 is 0. The Kier molecular flexibility index (Phi) is 3.87. The summed E-state index contributed by atoms with van der Waals surface area (Å²) in [4.78, 5) is 14.4. The second-order valence-electron chi connectivity index (χ2n) is 6.60. The number of benzene rings is 1. The van der Waals surface area contributed by atoms with Crippen molar-refractivity contribution < 1.29 is 19.7 Å². The molecule has 2 fully saturated rings. The fourth-order valence-electron chi connectivity index (χ4n) is 3.85. The number of phenolic OH excluding ortho intramolecular Hbond substituents is 1. The standard InChI is InChI=1S/C17H23NO4/c1-11(19)16(21)22-17(12-3-7-15(20)8-4-12)9-13-5-6-14(10-17)18(13)2/h3-4,7-8,11,13-14,19-20H,5-6,9-10H2,1-2H3. The van der Waals surface area contributed by atoms with Crippen molar-refractivity contribution >= 4 is 5.97 Å². The number of nitrogens with zero attached hydrogens (tertiary/aromatic N) is 1. The lowest BCUT2D eigenvalue weighted by molar-refractivity contribution is -0.178. The summed E-state index contributed by atoms with van der Waals surface area (Å²) in [6.07, 6.45) is 2.53. The zero-order valence-electron chi connectivity index (χ0n) is 13.0. The Balaban J connectivity index is 1.96. The van der Waals surface area contributed by atoms with Crippen LogP contribution < -0.4 is 0 Å². The predicted octanol–water partition coefficient (Wildman–Crippen LogP) is 1.77. The lowest BCUT2D eigenvalue weighted by atomic mass is 9.80. The molecule has 3 unspecified atom stereocenters. The number of hydrogen-bond donors (Lipinski definition) is 2. The average Bonchev–Trinajstić information content (AvgIpc) is 2.71. The van der Waals surface area contributed by atoms with Crippen molar-refractivity contribution in [1.82, 2.24) is 4.90 Å². The van der Waals surface area contributed by atoms with E-state index in [0.29, 0.717) is 12.1 Å². The van der Waals surface area contributed by atoms with Gasteiger partial charge in [0.1, 0.15) is 17.5 Å². The lowest BCUT2D eigenvalue weighted by Gasteiger charge is -2.45. The minimum Gasteiger partial charge on any atom is -0.508 e. The highest BCUT2D eigenvalue weighted by Gasteiger charge is 2.50. The van der Waals surface area contributed by atoms with E-state index in [1.54, 1.807) is 12.1 Å². The molecule has 0 aromatic heterocycles. The Hall–Kier alpha value is -1.59. The number of hydrogen-bond acceptors (Lipinski definition) is 5. The topological polar surface area (TPSA) is 70.0 Å². The summed E-state index contributed by atoms with van der Waals surface area (Å²) < 4.78 is 5.80. The van der Waals surface area contributed by atoms with E-state index in [1.165, 1.54) is 6.92 Å². The summed E-state index contributed by atoms with van der Waals surface area (Å²) in [7, 11) is 2.12. The number of fused-ring (bicyclic) bond motifs is 2. The first-order chi connectivity index (χ1) is 10.4. The molecule has 0 amide bonds. The number of aliphatic hydroxyl groups excluding tert-OH is 1. The molecule has 120 valence electrons. The van der Waals surface area contributed by atoms with Crippen LogP contribution in [0.25, 0.3) is 0 Å². The van der Waals surface area contributed by atoms with E-state index in [4.69, 9.17) is 4.74 Å². The zero-order chi connectivity index (χ0) is 15.9. The summed E-state index contributed by atoms with van der Waals surface area (Å²) in [6.45, 7) is 1.43. The highest BCUT2D eigenvalue weighted by molar-refractivity contribution is 5.74. The van der Waals surface area contributed by atoms with Crippen LogP contribution in [-0.2, 0) is 15.1 Å². The summed E-state index contributed by atoms with van der Waals surface area (Å²) in [6, 6.07) is 7.63. The quantitative estimate of drug-likeness (QED) is 0.833. The molecule has 2 N–H and O–H groups in total. The first-order valence-corrected chi connectivity index (χ1v) is 7.84. The van der Waals surface area contributed by atoms with Gasteiger partial charge in [0.05, 0.1) is 0 Å². The molecular formula is C17H23NO4. The first-order valence-electron chi connectivity index (χ1n) is 7.84. The van der Waals surface area contributed by atoms with Crippen molar-refractivity contribution in [2.45, 2.75) is 56.4 Å². The highest BCUT2D eigenvalue weighted by Crippen LogP contribution is 2.47. The maximum absolute atomic E-state index is 12.0. The molecule has 0 radical (unpaired) electrons. The number of carbonyl (C=O) groups is 1. The summed E-state index contributed by atoms with van der Waals surface area (Å²) in [5.41, 5.74) is 0.185. The van der Waals surface area contributed by atoms with Crippen molar-refractivity contribution in [3.8, 4) is 5.75 Å². The predicted molar refractivity (Wildman–Crippen MR) is 81.4 cm³/mol. The van der Waals surface area contributed by atoms with Gasteiger partial charge in [0.2, 0.25) is 0 Å². The minimum absolute atomic E-state index is 0.191. The second-order valence-corrected chi connectivity index (χ2v) is 6.60. The molecule has 0 spiro atoms. The van der Waals surface area contributed by atoms with E-state index in [2.05, 4.69) is 11.9 Å². The van der Waals surface area contributed by atoms with Gasteiger partial charge in [0.25, 0.3) is 0 Å². The molecule has 22 heavy (non-hydrogen) atoms. The number of aromatic hydroxyl groups is 1. The van der Waals surface area contributed by atoms with Crippen LogP contribution in [0.4, 0.5) is 0 Å². The van der Waals surface area contributed by atoms with Crippen molar-refractivity contribution in [2.24, 2.45) is 0 Å². The molecule has 5 nitrogen and oxygen atoms in total. The number of aliphatic hydroxyl groups is 1. The first kappa shape index (κ1) is 15.3. The fourth-order valence-corrected chi connectivity index (χ4v) is 3.85. The molecule has 5 heteroatoms. The van der Waals surface area contributed by atoms with Gasteiger partial charge < -0.3 is 19.8 Å². The molecule has 2 heterocycles. The van der Waals surface area contributed by atoms with E-state index >= 15 is 0 Å². The summed E-state index contributed by atoms with van der Waals surface area (Å²) in [5.74, 6) is -0.395. The van der Waals surface area contributed by atoms with Crippen LogP contribution in [0.15, 0.2) is 24.3 Å². The largest absolute Gasteiger partial charge is 0.508 e. The van der Waals surface area contributed by atoms with Crippen LogP contribution in [-0.4, -0.2) is 46.3 Å². The molecule has 2 saturated heterocycles. The smallest absolute Gasteiger partial charge is 0.335 e. The Labute approximate surface area is 130 Å². The monoisotopic (exact) mass is 305 g/mol. The molecule has 1 aromatic carbocycles. The fraction of sp³-hybridized carbons (Fsp3) is 0.588. The molecule has 0 aliphatic carbocycles. The van der Waals surface area contributed by atoms with Crippen LogP contribution in [0.1, 0.15) is 38.2 Å². The third kappa shape index (κ3) is 2.59. The van der Waals surface area contributed by atoms with Gasteiger partial charge in [0.15, 0.2) is 0 Å². The van der Waals surface area contributed by atoms with Gasteiger partial charge in [-0.3, -0.25) is 0 Å². The summed E-state index contributed by atoms with van der Waals surface area (Å²) in [5, 5.41) is 19.0. The second kappa shape index (κ2) is 5.56. The van der Waals surface area contributed by atoms with Gasteiger partial charge in [-0.05, 0) is 44.5 Å². The van der Waals surface area contributed by atoms with Gasteiger partial charge in [-0.25, -0.2) is 4.79 Å². The molecule has 3 rings (SSSR count). The molecular weight excluding hydrogens is 282 g/mol. The molecule has 0 saturated carbocycles. The van der Waals surface area contributed by atoms with Crippen LogP contribution in [0, 0.1) is 0 Å². The van der Waals surface area contributed by atoms with Crippen LogP contribution in [0.5, 0.6) is 5.75 Å². The third-order valence-electron chi connectivity index (χ3n) is 5.15. The van der Waals surface area contributed by atoms with Crippen LogP contribution in [0.3, 0.4) is 0 Å². The van der Waals surface area contributed by atoms with Gasteiger partial charge in [-0.2, -0.15) is 0 Å². The Bertz CT molecular complexity index is 540. The van der Waals surface area contributed by atoms with Crippen molar-refractivity contribution in [3.05, 3.63) is 29.8 Å². The number of carbonyl (C=O) groups excluding carboxylic acids is 1. The Morgan fingerprint density at radius 1 is 1.27 bits per heavy atom. The van der Waals surface area contributed by atoms with Gasteiger partial charge in [-0.1, -0.05) is 12.1 Å². The SMILES string of the molecule is CC(O)C(=O)OC1(c2ccc(O)cc2)CC2CCC(C1)N2C. The van der Waals surface area contributed by atoms with Crippen LogP contribution in [0.2, 0.25) is 0 Å². The molecule has 2 bridgehead atoms. The number of esters is 1. The number of phenols is 1. The molecule has 2 aliphatic rings. The lowest BCUT2D eigenvalue weighted by Crippen LogP contribution is -2.50. The third-order valence-corrected chi connectivity index (χ3v) is 5.15. The number of ether oxygens (including phenoxy) is 1. The van der Waals surface area contributed by atoms with Crippen LogP contribution >= 0.6 is 0 Å². The molecule has 3 atom stereocenters. The van der Waals surface area contributed by atoms with Gasteiger partial charge in [-0.15, -0.1) is 0 Å². The van der Waals surface area contributed by atoms with E-state index in [1.807, 2.05) is 12.1 Å². The van der Waals surface area contributed by atoms with Crippen molar-refractivity contribution in [1.29, 1.82) is 0 Å². The molecule has 1 aromatic rings. The van der Waals surface area contributed by atoms with Crippen molar-refractivity contribution in [3.63, 3.8) is 0 Å². The van der Waals surface area contributed by atoms with E-state index < -0.39 is 17.7 Å².